The van der Waals surface area contributed by atoms with Crippen LogP contribution in [0.1, 0.15) is 17.3 Å². The van der Waals surface area contributed by atoms with E-state index in [-0.39, 0.29) is 11.9 Å². The van der Waals surface area contributed by atoms with Crippen LogP contribution >= 0.6 is 0 Å². The molecule has 1 fully saturated rings. The van der Waals surface area contributed by atoms with Crippen molar-refractivity contribution in [2.75, 3.05) is 13.1 Å². The van der Waals surface area contributed by atoms with Crippen molar-refractivity contribution in [2.45, 2.75) is 19.0 Å². The fourth-order valence-electron chi connectivity index (χ4n) is 3.80. The summed E-state index contributed by atoms with van der Waals surface area (Å²) in [6, 6.07) is 9.17. The van der Waals surface area contributed by atoms with Crippen molar-refractivity contribution in [1.29, 1.82) is 0 Å². The summed E-state index contributed by atoms with van der Waals surface area (Å²) in [4.78, 5) is 43.5. The van der Waals surface area contributed by atoms with E-state index in [9.17, 15) is 9.59 Å². The molecule has 5 rings (SSSR count). The Balaban J connectivity index is 1.45. The third-order valence-electron chi connectivity index (χ3n) is 5.48. The molecule has 0 saturated carbocycles. The predicted molar refractivity (Wildman–Crippen MR) is 116 cm³/mol. The third kappa shape index (κ3) is 3.38. The molecular weight excluding hydrogens is 394 g/mol. The number of carbonyl (C=O) groups excluding carboxylic acids is 2. The van der Waals surface area contributed by atoms with E-state index in [1.807, 2.05) is 30.3 Å². The summed E-state index contributed by atoms with van der Waals surface area (Å²) in [5.41, 5.74) is 8.23. The zero-order chi connectivity index (χ0) is 21.5. The quantitative estimate of drug-likeness (QED) is 0.463. The van der Waals surface area contributed by atoms with Gasteiger partial charge in [-0.05, 0) is 18.4 Å². The molecule has 0 spiro atoms. The molecule has 4 aromatic rings. The highest BCUT2D eigenvalue weighted by atomic mass is 16.2. The van der Waals surface area contributed by atoms with E-state index in [0.29, 0.717) is 41.2 Å². The number of amides is 2. The zero-order valence-corrected chi connectivity index (χ0v) is 16.9. The summed E-state index contributed by atoms with van der Waals surface area (Å²) in [5.74, 6) is -0.545. The van der Waals surface area contributed by atoms with E-state index in [4.69, 9.17) is 5.73 Å². The minimum Gasteiger partial charge on any atom is -0.344 e. The van der Waals surface area contributed by atoms with Gasteiger partial charge in [-0.2, -0.15) is 0 Å². The summed E-state index contributed by atoms with van der Waals surface area (Å²) in [5, 5.41) is 4.74. The highest BCUT2D eigenvalue weighted by molar-refractivity contribution is 6.06. The topological polar surface area (TPSA) is 130 Å². The van der Waals surface area contributed by atoms with Gasteiger partial charge in [0.25, 0.3) is 5.91 Å². The second-order valence-corrected chi connectivity index (χ2v) is 7.73. The second kappa shape index (κ2) is 7.44. The smallest absolute Gasteiger partial charge is 0.255 e. The summed E-state index contributed by atoms with van der Waals surface area (Å²) in [7, 11) is 0. The highest BCUT2D eigenvalue weighted by Crippen LogP contribution is 2.26. The molecule has 0 unspecified atom stereocenters. The Hall–Kier alpha value is -3.85. The van der Waals surface area contributed by atoms with Crippen LogP contribution in [0.5, 0.6) is 0 Å². The molecule has 3 aromatic heterocycles. The fourth-order valence-corrected chi connectivity index (χ4v) is 3.80. The van der Waals surface area contributed by atoms with Crippen molar-refractivity contribution >= 4 is 33.8 Å². The summed E-state index contributed by atoms with van der Waals surface area (Å²) < 4.78 is 0. The summed E-state index contributed by atoms with van der Waals surface area (Å²) in [6.45, 7) is 2.69. The number of aromatic nitrogens is 4. The normalized spacial score (nSPS) is 15.1. The first-order valence-corrected chi connectivity index (χ1v) is 10.0. The third-order valence-corrected chi connectivity index (χ3v) is 5.48. The van der Waals surface area contributed by atoms with Crippen LogP contribution in [-0.2, 0) is 4.79 Å². The maximum absolute atomic E-state index is 12.9. The number of fused-ring (bicyclic) bond motifs is 2. The number of nitrogens with one attached hydrogen (secondary N) is 2. The minimum atomic E-state index is -0.666. The minimum absolute atomic E-state index is 0.0110. The average Bonchev–Trinajstić information content (AvgIpc) is 3.19. The molecule has 4 N–H and O–H groups in total. The van der Waals surface area contributed by atoms with Crippen molar-refractivity contribution in [3.63, 3.8) is 0 Å². The van der Waals surface area contributed by atoms with Gasteiger partial charge in [-0.15, -0.1) is 0 Å². The number of nitrogens with zero attached hydrogens (tertiary/aromatic N) is 4. The van der Waals surface area contributed by atoms with E-state index >= 15 is 0 Å². The standard InChI is InChI=1S/C22H21N7O2/c1-12(22(31)29-10-14(23)11-29)27-21(30)16-8-25-20-19(16)28-17(9-26-20)18-15-5-3-2-4-13(15)6-7-24-18/h2-9,12,14H,10-11,23H2,1H3,(H,25,26)(H,27,30)/t12-/m1/s1. The van der Waals surface area contributed by atoms with Crippen molar-refractivity contribution in [3.8, 4) is 11.4 Å². The first kappa shape index (κ1) is 19.1. The molecule has 2 amide bonds. The molecule has 31 heavy (non-hydrogen) atoms. The van der Waals surface area contributed by atoms with Crippen LogP contribution in [0.15, 0.2) is 48.9 Å². The Morgan fingerprint density at radius 3 is 2.84 bits per heavy atom. The van der Waals surface area contributed by atoms with Crippen LogP contribution in [0, 0.1) is 0 Å². The van der Waals surface area contributed by atoms with Gasteiger partial charge in [0, 0.05) is 36.9 Å². The number of hydrogen-bond acceptors (Lipinski definition) is 6. The van der Waals surface area contributed by atoms with E-state index in [1.165, 1.54) is 0 Å². The van der Waals surface area contributed by atoms with E-state index < -0.39 is 11.9 Å². The molecule has 1 aliphatic heterocycles. The number of hydrogen-bond donors (Lipinski definition) is 3. The van der Waals surface area contributed by atoms with Gasteiger partial charge in [-0.25, -0.2) is 9.97 Å². The molecule has 0 radical (unpaired) electrons. The Labute approximate surface area is 177 Å². The number of carbonyl (C=O) groups is 2. The maximum atomic E-state index is 12.9. The van der Waals surface area contributed by atoms with Crippen LogP contribution in [0.4, 0.5) is 0 Å². The Bertz CT molecular complexity index is 1300. The van der Waals surface area contributed by atoms with Gasteiger partial charge in [-0.3, -0.25) is 14.6 Å². The second-order valence-electron chi connectivity index (χ2n) is 7.73. The molecule has 4 heterocycles. The highest BCUT2D eigenvalue weighted by Gasteiger charge is 2.31. The van der Waals surface area contributed by atoms with Gasteiger partial charge >= 0.3 is 0 Å². The predicted octanol–water partition coefficient (Wildman–Crippen LogP) is 1.46. The van der Waals surface area contributed by atoms with Gasteiger partial charge in [0.1, 0.15) is 17.3 Å². The Kier molecular flexibility index (Phi) is 4.59. The Morgan fingerprint density at radius 2 is 2.03 bits per heavy atom. The number of pyridine rings is 1. The Morgan fingerprint density at radius 1 is 1.23 bits per heavy atom. The fraction of sp³-hybridized carbons (Fsp3) is 0.227. The molecule has 1 atom stereocenters. The lowest BCUT2D eigenvalue weighted by atomic mass is 10.1. The molecule has 9 heteroatoms. The van der Waals surface area contributed by atoms with Crippen molar-refractivity contribution < 1.29 is 9.59 Å². The first-order valence-electron chi connectivity index (χ1n) is 10.0. The van der Waals surface area contributed by atoms with Gasteiger partial charge < -0.3 is 20.9 Å². The number of nitrogens with two attached hydrogens (primary N) is 1. The largest absolute Gasteiger partial charge is 0.344 e. The maximum Gasteiger partial charge on any atom is 0.255 e. The first-order chi connectivity index (χ1) is 15.0. The lowest BCUT2D eigenvalue weighted by molar-refractivity contribution is -0.137. The van der Waals surface area contributed by atoms with Crippen LogP contribution < -0.4 is 11.1 Å². The monoisotopic (exact) mass is 415 g/mol. The molecular formula is C22H21N7O2. The van der Waals surface area contributed by atoms with Crippen molar-refractivity contribution in [2.24, 2.45) is 5.73 Å². The molecule has 9 nitrogen and oxygen atoms in total. The molecule has 0 aliphatic carbocycles. The zero-order valence-electron chi connectivity index (χ0n) is 16.9. The molecule has 0 bridgehead atoms. The molecule has 1 aliphatic rings. The van der Waals surface area contributed by atoms with Crippen molar-refractivity contribution in [3.05, 3.63) is 54.5 Å². The van der Waals surface area contributed by atoms with Gasteiger partial charge in [-0.1, -0.05) is 24.3 Å². The number of benzene rings is 1. The van der Waals surface area contributed by atoms with Gasteiger partial charge in [0.15, 0.2) is 5.65 Å². The number of aromatic amines is 1. The molecule has 1 aromatic carbocycles. The SMILES string of the molecule is C[C@@H](NC(=O)c1c[nH]c2ncc(-c3nccc4ccccc34)nc12)C(=O)N1CC(N)C1. The van der Waals surface area contributed by atoms with Crippen molar-refractivity contribution in [1.82, 2.24) is 30.2 Å². The van der Waals surface area contributed by atoms with Crippen LogP contribution in [-0.4, -0.2) is 61.8 Å². The van der Waals surface area contributed by atoms with Crippen LogP contribution in [0.3, 0.4) is 0 Å². The van der Waals surface area contributed by atoms with Crippen LogP contribution in [0.2, 0.25) is 0 Å². The average molecular weight is 415 g/mol. The lowest BCUT2D eigenvalue weighted by Gasteiger charge is -2.38. The number of likely N-dealkylation sites (tertiary alicyclic amines) is 1. The molecule has 156 valence electrons. The molecule has 1 saturated heterocycles. The van der Waals surface area contributed by atoms with E-state index in [0.717, 1.165) is 10.8 Å². The summed E-state index contributed by atoms with van der Waals surface area (Å²) in [6.07, 6.45) is 4.91. The van der Waals surface area contributed by atoms with Crippen LogP contribution in [0.25, 0.3) is 33.3 Å². The van der Waals surface area contributed by atoms with Gasteiger partial charge in [0.2, 0.25) is 5.91 Å². The number of H-pyrrole nitrogens is 1. The van der Waals surface area contributed by atoms with E-state index in [1.54, 1.807) is 30.4 Å². The van der Waals surface area contributed by atoms with E-state index in [2.05, 4.69) is 25.3 Å². The lowest BCUT2D eigenvalue weighted by Crippen LogP contribution is -2.61. The number of rotatable bonds is 4. The van der Waals surface area contributed by atoms with Gasteiger partial charge in [0.05, 0.1) is 17.5 Å². The summed E-state index contributed by atoms with van der Waals surface area (Å²) >= 11 is 0.